The van der Waals surface area contributed by atoms with E-state index >= 15 is 0 Å². The Hall–Kier alpha value is -1.29. The zero-order chi connectivity index (χ0) is 17.4. The van der Waals surface area contributed by atoms with Gasteiger partial charge in [-0.3, -0.25) is 0 Å². The summed E-state index contributed by atoms with van der Waals surface area (Å²) in [6, 6.07) is 0.137. The molecule has 0 aliphatic carbocycles. The van der Waals surface area contributed by atoms with Crippen LogP contribution in [0.1, 0.15) is 61.8 Å². The van der Waals surface area contributed by atoms with Crippen molar-refractivity contribution >= 4 is 6.09 Å². The molecule has 0 aromatic carbocycles. The van der Waals surface area contributed by atoms with E-state index in [0.29, 0.717) is 12.2 Å². The fraction of sp³-hybridized carbons (Fsp3) is 0.722. The van der Waals surface area contributed by atoms with Crippen LogP contribution in [0.4, 0.5) is 4.79 Å². The number of hydrogen-bond donors (Lipinski definition) is 1. The van der Waals surface area contributed by atoms with E-state index in [0.717, 1.165) is 5.57 Å². The first-order valence-corrected chi connectivity index (χ1v) is 8.15. The zero-order valence-corrected chi connectivity index (χ0v) is 15.4. The van der Waals surface area contributed by atoms with Crippen LogP contribution in [0.2, 0.25) is 0 Å². The van der Waals surface area contributed by atoms with Crippen molar-refractivity contribution in [3.05, 3.63) is 23.5 Å². The quantitative estimate of drug-likeness (QED) is 0.556. The smallest absolute Gasteiger partial charge is 0.411 e. The van der Waals surface area contributed by atoms with Gasteiger partial charge in [-0.15, -0.1) is 0 Å². The van der Waals surface area contributed by atoms with Gasteiger partial charge in [0.25, 0.3) is 0 Å². The Morgan fingerprint density at radius 2 is 1.64 bits per heavy atom. The Balaban J connectivity index is 5.27. The Morgan fingerprint density at radius 3 is 2.00 bits per heavy atom. The second-order valence-corrected chi connectivity index (χ2v) is 6.59. The number of allylic oxidation sites excluding steroid dienone is 2. The first-order valence-electron chi connectivity index (χ1n) is 8.15. The lowest BCUT2D eigenvalue weighted by Crippen LogP contribution is -2.42. The number of aliphatic hydroxyl groups is 1. The van der Waals surface area contributed by atoms with Crippen molar-refractivity contribution in [2.24, 2.45) is 5.92 Å². The molecule has 2 atom stereocenters. The van der Waals surface area contributed by atoms with E-state index in [1.807, 2.05) is 67.5 Å². The number of ether oxygens (including phenoxy) is 1. The van der Waals surface area contributed by atoms with Crippen molar-refractivity contribution in [1.29, 1.82) is 0 Å². The van der Waals surface area contributed by atoms with Crippen LogP contribution in [0.3, 0.4) is 0 Å². The summed E-state index contributed by atoms with van der Waals surface area (Å²) in [5, 5.41) is 9.91. The topological polar surface area (TPSA) is 49.8 Å². The summed E-state index contributed by atoms with van der Waals surface area (Å²) >= 11 is 0. The van der Waals surface area contributed by atoms with Gasteiger partial charge in [0.05, 0.1) is 6.10 Å². The number of carbonyl (C=O) groups excluding carboxylic acids is 1. The number of rotatable bonds is 7. The highest BCUT2D eigenvalue weighted by molar-refractivity contribution is 5.70. The third-order valence-electron chi connectivity index (χ3n) is 3.41. The molecule has 0 heterocycles. The van der Waals surface area contributed by atoms with Gasteiger partial charge in [0.1, 0.15) is 5.76 Å². The average molecular weight is 311 g/mol. The first-order chi connectivity index (χ1) is 10.1. The summed E-state index contributed by atoms with van der Waals surface area (Å²) in [6.07, 6.45) is 3.52. The average Bonchev–Trinajstić information content (AvgIpc) is 2.35. The van der Waals surface area contributed by atoms with Crippen LogP contribution in [0.15, 0.2) is 23.5 Å². The lowest BCUT2D eigenvalue weighted by Gasteiger charge is -2.30. The molecule has 0 aromatic rings. The third-order valence-corrected chi connectivity index (χ3v) is 3.41. The minimum absolute atomic E-state index is 0.0686. The van der Waals surface area contributed by atoms with Crippen molar-refractivity contribution in [2.75, 3.05) is 0 Å². The van der Waals surface area contributed by atoms with E-state index in [9.17, 15) is 9.90 Å². The summed E-state index contributed by atoms with van der Waals surface area (Å²) in [5.41, 5.74) is 1.04. The monoisotopic (exact) mass is 311 g/mol. The molecule has 0 saturated carbocycles. The molecular weight excluding hydrogens is 278 g/mol. The molecule has 0 saturated heterocycles. The van der Waals surface area contributed by atoms with Crippen LogP contribution in [-0.2, 0) is 4.74 Å². The number of carbonyl (C=O) groups is 1. The molecule has 0 aliphatic heterocycles. The van der Waals surface area contributed by atoms with Gasteiger partial charge in [-0.25, -0.2) is 4.79 Å². The molecule has 4 nitrogen and oxygen atoms in total. The van der Waals surface area contributed by atoms with E-state index in [1.165, 1.54) is 0 Å². The minimum Gasteiger partial charge on any atom is -0.411 e. The molecule has 0 radical (unpaired) electrons. The summed E-state index contributed by atoms with van der Waals surface area (Å²) in [6.45, 7) is 15.6. The van der Waals surface area contributed by atoms with Gasteiger partial charge in [0.2, 0.25) is 0 Å². The summed E-state index contributed by atoms with van der Waals surface area (Å²) in [4.78, 5) is 14.1. The molecule has 128 valence electrons. The Morgan fingerprint density at radius 1 is 1.14 bits per heavy atom. The number of amides is 1. The van der Waals surface area contributed by atoms with Crippen molar-refractivity contribution in [3.63, 3.8) is 0 Å². The van der Waals surface area contributed by atoms with Crippen LogP contribution in [0.25, 0.3) is 0 Å². The molecule has 2 unspecified atom stereocenters. The Bertz CT molecular complexity index is 399. The van der Waals surface area contributed by atoms with E-state index < -0.39 is 6.10 Å². The zero-order valence-electron chi connectivity index (χ0n) is 15.4. The van der Waals surface area contributed by atoms with E-state index in [1.54, 1.807) is 4.90 Å². The van der Waals surface area contributed by atoms with Gasteiger partial charge >= 0.3 is 6.09 Å². The van der Waals surface area contributed by atoms with Gasteiger partial charge in [0, 0.05) is 18.0 Å². The predicted octanol–water partition coefficient (Wildman–Crippen LogP) is 4.50. The minimum atomic E-state index is -0.439. The van der Waals surface area contributed by atoms with Crippen molar-refractivity contribution in [1.82, 2.24) is 4.90 Å². The molecule has 4 heteroatoms. The highest BCUT2D eigenvalue weighted by atomic mass is 16.6. The normalized spacial score (nSPS) is 14.8. The van der Waals surface area contributed by atoms with Crippen LogP contribution >= 0.6 is 0 Å². The first kappa shape index (κ1) is 20.7. The maximum atomic E-state index is 12.4. The number of aliphatic hydroxyl groups excluding tert-OH is 1. The number of hydrogen-bond acceptors (Lipinski definition) is 3. The van der Waals surface area contributed by atoms with Gasteiger partial charge in [-0.2, -0.15) is 0 Å². The maximum Gasteiger partial charge on any atom is 0.415 e. The fourth-order valence-electron chi connectivity index (χ4n) is 2.31. The van der Waals surface area contributed by atoms with E-state index in [2.05, 4.69) is 0 Å². The molecule has 0 spiro atoms. The molecule has 0 fully saturated rings. The van der Waals surface area contributed by atoms with E-state index in [4.69, 9.17) is 4.74 Å². The molecule has 1 N–H and O–H groups in total. The third kappa shape index (κ3) is 7.12. The number of nitrogens with zero attached hydrogens (tertiary/aromatic N) is 1. The molecule has 0 aromatic heterocycles. The molecular formula is C18H33NO3. The SMILES string of the molecule is CCC(O)C(C)/C=C(/C=C(C)C)OC(=O)N(C(C)C)C(C)C. The standard InChI is InChI=1S/C18H33NO3/c1-9-17(20)15(8)11-16(10-12(2)3)22-18(21)19(13(4)5)14(6)7/h10-11,13-15,17,20H,9H2,1-8H3/b16-11-. The highest BCUT2D eigenvalue weighted by Gasteiger charge is 2.23. The molecule has 0 bridgehead atoms. The Labute approximate surface area is 135 Å². The largest absolute Gasteiger partial charge is 0.415 e. The summed E-state index contributed by atoms with van der Waals surface area (Å²) < 4.78 is 5.57. The van der Waals surface area contributed by atoms with Crippen LogP contribution in [-0.4, -0.2) is 34.3 Å². The molecule has 22 heavy (non-hydrogen) atoms. The molecule has 1 amide bonds. The second-order valence-electron chi connectivity index (χ2n) is 6.59. The van der Waals surface area contributed by atoms with Gasteiger partial charge < -0.3 is 14.7 Å². The van der Waals surface area contributed by atoms with E-state index in [-0.39, 0.29) is 24.1 Å². The molecule has 0 aliphatic rings. The van der Waals surface area contributed by atoms with Gasteiger partial charge in [0.15, 0.2) is 0 Å². The fourth-order valence-corrected chi connectivity index (χ4v) is 2.31. The molecule has 0 rings (SSSR count). The van der Waals surface area contributed by atoms with Crippen molar-refractivity contribution in [2.45, 2.75) is 80.0 Å². The second kappa shape index (κ2) is 9.67. The van der Waals surface area contributed by atoms with Crippen LogP contribution < -0.4 is 0 Å². The van der Waals surface area contributed by atoms with Crippen LogP contribution in [0.5, 0.6) is 0 Å². The highest BCUT2D eigenvalue weighted by Crippen LogP contribution is 2.17. The van der Waals surface area contributed by atoms with Crippen molar-refractivity contribution in [3.8, 4) is 0 Å². The lowest BCUT2D eigenvalue weighted by molar-refractivity contribution is 0.101. The summed E-state index contributed by atoms with van der Waals surface area (Å²) in [5.74, 6) is 0.422. The lowest BCUT2D eigenvalue weighted by atomic mass is 10.0. The summed E-state index contributed by atoms with van der Waals surface area (Å²) in [7, 11) is 0. The van der Waals surface area contributed by atoms with Gasteiger partial charge in [-0.1, -0.05) is 19.4 Å². The predicted molar refractivity (Wildman–Crippen MR) is 91.6 cm³/mol. The van der Waals surface area contributed by atoms with Crippen LogP contribution in [0, 0.1) is 5.92 Å². The Kier molecular flexibility index (Phi) is 9.10. The van der Waals surface area contributed by atoms with Gasteiger partial charge in [-0.05, 0) is 60.1 Å². The maximum absolute atomic E-state index is 12.4. The van der Waals surface area contributed by atoms with Crippen molar-refractivity contribution < 1.29 is 14.6 Å².